The molecule has 0 radical (unpaired) electrons. The Hall–Kier alpha value is -2.84. The molecule has 6 aliphatic carbocycles. The fraction of sp³-hybridized carbons (Fsp3) is 0.700. The van der Waals surface area contributed by atoms with E-state index in [1.54, 1.807) is 19.1 Å². The van der Waals surface area contributed by atoms with Crippen molar-refractivity contribution in [2.75, 3.05) is 7.11 Å². The van der Waals surface area contributed by atoms with Crippen molar-refractivity contribution in [3.63, 3.8) is 0 Å². The molecule has 4 bridgehead atoms. The smallest absolute Gasteiger partial charge is 0.309 e. The molecule has 0 heterocycles. The van der Waals surface area contributed by atoms with Crippen LogP contribution in [0.5, 0.6) is 11.5 Å². The molecule has 39 heavy (non-hydrogen) atoms. The van der Waals surface area contributed by atoms with E-state index >= 15 is 0 Å². The van der Waals surface area contributed by atoms with E-state index in [1.807, 2.05) is 6.92 Å². The molecule has 6 aliphatic rings. The zero-order valence-corrected chi connectivity index (χ0v) is 23.0. The Balaban J connectivity index is 1.16. The Morgan fingerprint density at radius 1 is 1.03 bits per heavy atom. The number of alkyl halides is 1. The largest absolute Gasteiger partial charge is 0.496 e. The maximum absolute atomic E-state index is 14.0. The van der Waals surface area contributed by atoms with Crippen molar-refractivity contribution < 1.29 is 33.4 Å². The van der Waals surface area contributed by atoms with Crippen molar-refractivity contribution >= 4 is 17.8 Å². The highest BCUT2D eigenvalue weighted by molar-refractivity contribution is 5.98. The Bertz CT molecular complexity index is 1190. The summed E-state index contributed by atoms with van der Waals surface area (Å²) in [5.41, 5.74) is -1.00. The SMILES string of the molecule is COc1cc(C)c(OC2CCC(C)(C(=O)O)CC2)cc1C(=O)NC1C2CCC(C2)C1C(=O)NC12CC(F)(C1)C2. The normalized spacial score (nSPS) is 39.7. The Morgan fingerprint density at radius 2 is 1.69 bits per heavy atom. The van der Waals surface area contributed by atoms with Crippen molar-refractivity contribution in [3.05, 3.63) is 23.3 Å². The lowest BCUT2D eigenvalue weighted by Gasteiger charge is -2.66. The molecule has 0 saturated heterocycles. The fourth-order valence-corrected chi connectivity index (χ4v) is 8.12. The number of carboxylic acids is 1. The molecular formula is C30H39FN2O6. The summed E-state index contributed by atoms with van der Waals surface area (Å²) < 4.78 is 25.9. The van der Waals surface area contributed by atoms with Gasteiger partial charge in [0.25, 0.3) is 5.91 Å². The van der Waals surface area contributed by atoms with E-state index in [0.717, 1.165) is 24.8 Å². The molecule has 3 N–H and O–H groups in total. The number of hydrogen-bond acceptors (Lipinski definition) is 5. The molecule has 9 heteroatoms. The van der Waals surface area contributed by atoms with Gasteiger partial charge in [-0.1, -0.05) is 0 Å². The van der Waals surface area contributed by atoms with Gasteiger partial charge in [0.2, 0.25) is 5.91 Å². The number of amides is 2. The van der Waals surface area contributed by atoms with E-state index in [1.165, 1.54) is 7.11 Å². The maximum Gasteiger partial charge on any atom is 0.309 e. The molecule has 0 aromatic heterocycles. The Morgan fingerprint density at radius 3 is 2.31 bits per heavy atom. The van der Waals surface area contributed by atoms with E-state index in [0.29, 0.717) is 62.0 Å². The summed E-state index contributed by atoms with van der Waals surface area (Å²) in [6.45, 7) is 3.68. The van der Waals surface area contributed by atoms with Gasteiger partial charge in [-0.15, -0.1) is 0 Å². The highest BCUT2D eigenvalue weighted by Gasteiger charge is 2.70. The lowest BCUT2D eigenvalue weighted by atomic mass is 9.47. The minimum Gasteiger partial charge on any atom is -0.496 e. The number of aliphatic carboxylic acids is 1. The second-order valence-corrected chi connectivity index (χ2v) is 13.3. The number of fused-ring (bicyclic) bond motifs is 2. The topological polar surface area (TPSA) is 114 Å². The standard InChI is InChI=1S/C30H39FN2O6/c1-16-10-22(38-3)20(12-21(16)39-19-6-8-28(2,9-7-19)27(36)37)25(34)32-24-18-5-4-17(11-18)23(24)26(35)33-30-13-29(31,14-30)15-30/h10,12,17-19,23-24H,4-9,11,13-15H2,1-3H3,(H,32,34)(H,33,35)(H,36,37). The number of halogens is 1. The summed E-state index contributed by atoms with van der Waals surface area (Å²) in [4.78, 5) is 38.6. The summed E-state index contributed by atoms with van der Waals surface area (Å²) in [5, 5.41) is 15.8. The number of rotatable bonds is 8. The Kier molecular flexibility index (Phi) is 6.15. The van der Waals surface area contributed by atoms with Crippen molar-refractivity contribution in [3.8, 4) is 11.5 Å². The van der Waals surface area contributed by atoms with Gasteiger partial charge < -0.3 is 25.2 Å². The van der Waals surface area contributed by atoms with E-state index in [2.05, 4.69) is 10.6 Å². The maximum atomic E-state index is 14.0. The van der Waals surface area contributed by atoms with Crippen LogP contribution in [0.1, 0.15) is 87.1 Å². The summed E-state index contributed by atoms with van der Waals surface area (Å²) >= 11 is 0. The van der Waals surface area contributed by atoms with Gasteiger partial charge in [-0.05, 0) is 88.3 Å². The van der Waals surface area contributed by atoms with Crippen LogP contribution < -0.4 is 20.1 Å². The fourth-order valence-electron chi connectivity index (χ4n) is 8.12. The molecule has 4 unspecified atom stereocenters. The van der Waals surface area contributed by atoms with Crippen molar-refractivity contribution in [2.45, 2.75) is 101 Å². The average Bonchev–Trinajstić information content (AvgIpc) is 3.46. The van der Waals surface area contributed by atoms with Crippen LogP contribution in [0.25, 0.3) is 0 Å². The van der Waals surface area contributed by atoms with Gasteiger partial charge in [0.1, 0.15) is 17.2 Å². The second-order valence-electron chi connectivity index (χ2n) is 13.3. The van der Waals surface area contributed by atoms with Gasteiger partial charge in [0.05, 0.1) is 30.1 Å². The number of ether oxygens (including phenoxy) is 2. The van der Waals surface area contributed by atoms with Crippen LogP contribution >= 0.6 is 0 Å². The van der Waals surface area contributed by atoms with E-state index < -0.39 is 17.1 Å². The van der Waals surface area contributed by atoms with E-state index in [-0.39, 0.29) is 47.3 Å². The lowest BCUT2D eigenvalue weighted by Crippen LogP contribution is -2.77. The lowest BCUT2D eigenvalue weighted by molar-refractivity contribution is -0.177. The number of aryl methyl sites for hydroxylation is 1. The molecule has 8 nitrogen and oxygen atoms in total. The van der Waals surface area contributed by atoms with E-state index in [9.17, 15) is 23.9 Å². The first kappa shape index (κ1) is 26.4. The number of benzene rings is 1. The predicted molar refractivity (Wildman–Crippen MR) is 140 cm³/mol. The highest BCUT2D eigenvalue weighted by atomic mass is 19.1. The van der Waals surface area contributed by atoms with Crippen LogP contribution in [0.4, 0.5) is 4.39 Å². The van der Waals surface area contributed by atoms with Gasteiger partial charge in [0.15, 0.2) is 0 Å². The van der Waals surface area contributed by atoms with Crippen molar-refractivity contribution in [1.82, 2.24) is 10.6 Å². The number of carbonyl (C=O) groups excluding carboxylic acids is 2. The second kappa shape index (κ2) is 9.10. The molecule has 1 aromatic rings. The molecule has 7 rings (SSSR count). The zero-order valence-electron chi connectivity index (χ0n) is 23.0. The summed E-state index contributed by atoms with van der Waals surface area (Å²) in [5.74, 6) is 0.0458. The van der Waals surface area contributed by atoms with Crippen molar-refractivity contribution in [2.24, 2.45) is 23.2 Å². The first-order chi connectivity index (χ1) is 18.4. The quantitative estimate of drug-likeness (QED) is 0.451. The third-order valence-corrected chi connectivity index (χ3v) is 10.5. The Labute approximate surface area is 228 Å². The first-order valence-electron chi connectivity index (χ1n) is 14.3. The number of carboxylic acid groups (broad SMARTS) is 1. The van der Waals surface area contributed by atoms with Gasteiger partial charge in [-0.2, -0.15) is 0 Å². The minimum absolute atomic E-state index is 0.0557. The van der Waals surface area contributed by atoms with Gasteiger partial charge >= 0.3 is 5.97 Å². The van der Waals surface area contributed by atoms with Crippen LogP contribution in [-0.4, -0.2) is 53.4 Å². The van der Waals surface area contributed by atoms with Crippen molar-refractivity contribution in [1.29, 1.82) is 0 Å². The molecule has 6 saturated carbocycles. The summed E-state index contributed by atoms with van der Waals surface area (Å²) in [6.07, 6.45) is 6.30. The van der Waals surface area contributed by atoms with Crippen LogP contribution in [0.3, 0.4) is 0 Å². The molecule has 1 aromatic carbocycles. The first-order valence-corrected chi connectivity index (χ1v) is 14.3. The van der Waals surface area contributed by atoms with Crippen LogP contribution in [0, 0.1) is 30.1 Å². The third kappa shape index (κ3) is 4.45. The summed E-state index contributed by atoms with van der Waals surface area (Å²) in [7, 11) is 1.52. The number of methoxy groups -OCH3 is 1. The number of hydrogen-bond donors (Lipinski definition) is 3. The van der Waals surface area contributed by atoms with Crippen LogP contribution in [0.2, 0.25) is 0 Å². The van der Waals surface area contributed by atoms with E-state index in [4.69, 9.17) is 9.47 Å². The minimum atomic E-state index is -1.08. The molecule has 4 atom stereocenters. The average molecular weight is 543 g/mol. The summed E-state index contributed by atoms with van der Waals surface area (Å²) in [6, 6.07) is 3.22. The molecule has 212 valence electrons. The zero-order chi connectivity index (χ0) is 27.7. The molecule has 0 spiro atoms. The molecule has 2 amide bonds. The predicted octanol–water partition coefficient (Wildman–Crippen LogP) is 4.32. The molecule has 0 aliphatic heterocycles. The van der Waals surface area contributed by atoms with Gasteiger partial charge in [0, 0.05) is 30.8 Å². The number of carbonyl (C=O) groups is 3. The monoisotopic (exact) mass is 542 g/mol. The van der Waals surface area contributed by atoms with Gasteiger partial charge in [-0.25, -0.2) is 4.39 Å². The molecular weight excluding hydrogens is 503 g/mol. The molecule has 6 fully saturated rings. The van der Waals surface area contributed by atoms with Gasteiger partial charge in [-0.3, -0.25) is 14.4 Å². The highest BCUT2D eigenvalue weighted by Crippen LogP contribution is 2.63. The van der Waals surface area contributed by atoms with Crippen LogP contribution in [-0.2, 0) is 9.59 Å². The van der Waals surface area contributed by atoms with Crippen LogP contribution in [0.15, 0.2) is 12.1 Å². The third-order valence-electron chi connectivity index (χ3n) is 10.5. The number of nitrogens with one attached hydrogen (secondary N) is 2.